The summed E-state index contributed by atoms with van der Waals surface area (Å²) in [5.41, 5.74) is 6.36. The molecule has 3 saturated heterocycles. The van der Waals surface area contributed by atoms with Gasteiger partial charge in [-0.1, -0.05) is 11.6 Å². The third-order valence-electron chi connectivity index (χ3n) is 9.29. The van der Waals surface area contributed by atoms with E-state index in [0.717, 1.165) is 25.9 Å². The van der Waals surface area contributed by atoms with Crippen molar-refractivity contribution in [3.63, 3.8) is 0 Å². The van der Waals surface area contributed by atoms with E-state index in [1.165, 1.54) is 35.0 Å². The van der Waals surface area contributed by atoms with E-state index in [1.54, 1.807) is 17.0 Å². The van der Waals surface area contributed by atoms with Gasteiger partial charge < -0.3 is 20.4 Å². The first-order valence-corrected chi connectivity index (χ1v) is 16.6. The highest BCUT2D eigenvalue weighted by Crippen LogP contribution is 2.46. The zero-order valence-electron chi connectivity index (χ0n) is 23.5. The molecule has 2 N–H and O–H groups in total. The molecule has 1 saturated carbocycles. The van der Waals surface area contributed by atoms with Gasteiger partial charge in [0.05, 0.1) is 4.90 Å². The molecule has 42 heavy (non-hydrogen) atoms. The van der Waals surface area contributed by atoms with E-state index < -0.39 is 21.9 Å². The number of carbonyl (C=O) groups is 1. The lowest BCUT2D eigenvalue weighted by atomic mass is 9.79. The zero-order chi connectivity index (χ0) is 29.6. The number of rotatable bonds is 7. The molecule has 0 radical (unpaired) electrons. The summed E-state index contributed by atoms with van der Waals surface area (Å²) in [5, 5.41) is 0.00372. The van der Waals surface area contributed by atoms with Crippen LogP contribution in [0.25, 0.3) is 0 Å². The van der Waals surface area contributed by atoms with Crippen LogP contribution in [-0.2, 0) is 20.7 Å². The van der Waals surface area contributed by atoms with Crippen LogP contribution < -0.4 is 15.5 Å². The van der Waals surface area contributed by atoms with Crippen molar-refractivity contribution in [2.45, 2.75) is 61.4 Å². The summed E-state index contributed by atoms with van der Waals surface area (Å²) in [6.45, 7) is 3.47. The predicted molar refractivity (Wildman–Crippen MR) is 157 cm³/mol. The van der Waals surface area contributed by atoms with Crippen LogP contribution in [0.2, 0.25) is 5.15 Å². The maximum atomic E-state index is 15.7. The molecule has 0 unspecified atom stereocenters. The average Bonchev–Trinajstić information content (AvgIpc) is 3.29. The Kier molecular flexibility index (Phi) is 8.20. The van der Waals surface area contributed by atoms with E-state index in [1.807, 2.05) is 4.90 Å². The summed E-state index contributed by atoms with van der Waals surface area (Å²) in [6.07, 6.45) is 3.99. The Labute approximate surface area is 250 Å². The number of amides is 1. The monoisotopic (exact) mass is 622 g/mol. The molecule has 6 rings (SSSR count). The van der Waals surface area contributed by atoms with Gasteiger partial charge in [0.15, 0.2) is 0 Å². The molecule has 3 aliphatic heterocycles. The number of halogens is 3. The third-order valence-corrected chi connectivity index (χ3v) is 11.4. The van der Waals surface area contributed by atoms with Gasteiger partial charge in [-0.05, 0) is 81.6 Å². The molecule has 228 valence electrons. The van der Waals surface area contributed by atoms with E-state index in [0.29, 0.717) is 36.9 Å². The highest BCUT2D eigenvalue weighted by Gasteiger charge is 2.44. The van der Waals surface area contributed by atoms with Crippen LogP contribution in [0.3, 0.4) is 0 Å². The summed E-state index contributed by atoms with van der Waals surface area (Å²) in [5.74, 6) is -3.51. The van der Waals surface area contributed by atoms with Gasteiger partial charge in [0, 0.05) is 68.4 Å². The topological polar surface area (TPSA) is 103 Å². The van der Waals surface area contributed by atoms with Crippen molar-refractivity contribution >= 4 is 39.0 Å². The number of benzene rings is 1. The first kappa shape index (κ1) is 29.7. The summed E-state index contributed by atoms with van der Waals surface area (Å²) in [7, 11) is -3.79. The van der Waals surface area contributed by atoms with Crippen LogP contribution in [0.15, 0.2) is 41.3 Å². The Balaban J connectivity index is 1.10. The maximum Gasteiger partial charge on any atom is 0.276 e. The van der Waals surface area contributed by atoms with E-state index in [9.17, 15) is 13.2 Å². The van der Waals surface area contributed by atoms with Gasteiger partial charge in [0.25, 0.3) is 5.92 Å². The molecule has 4 heterocycles. The number of hydrogen-bond donors (Lipinski definition) is 1. The fraction of sp³-hybridized carbons (Fsp3) is 0.586. The van der Waals surface area contributed by atoms with E-state index in [-0.39, 0.29) is 60.2 Å². The average molecular weight is 623 g/mol. The van der Waals surface area contributed by atoms with Gasteiger partial charge in [-0.3, -0.25) is 4.79 Å². The zero-order valence-corrected chi connectivity index (χ0v) is 25.0. The van der Waals surface area contributed by atoms with Crippen LogP contribution in [0.5, 0.6) is 0 Å². The van der Waals surface area contributed by atoms with Crippen molar-refractivity contribution < 1.29 is 22.0 Å². The van der Waals surface area contributed by atoms with Crippen molar-refractivity contribution in [3.05, 3.63) is 47.1 Å². The molecule has 2 aromatic rings. The Morgan fingerprint density at radius 2 is 1.62 bits per heavy atom. The molecule has 1 aromatic heterocycles. The quantitative estimate of drug-likeness (QED) is 0.470. The van der Waals surface area contributed by atoms with Crippen LogP contribution in [0.4, 0.5) is 20.3 Å². The summed E-state index contributed by atoms with van der Waals surface area (Å²) < 4.78 is 59.5. The maximum absolute atomic E-state index is 15.7. The number of likely N-dealkylation sites (tertiary alicyclic amines) is 1. The number of aromatic nitrogens is 1. The third kappa shape index (κ3) is 5.76. The van der Waals surface area contributed by atoms with Gasteiger partial charge in [0.1, 0.15) is 11.0 Å². The second-order valence-corrected chi connectivity index (χ2v) is 14.2. The Morgan fingerprint density at radius 3 is 2.19 bits per heavy atom. The van der Waals surface area contributed by atoms with E-state index >= 15 is 8.78 Å². The smallest absolute Gasteiger partial charge is 0.276 e. The van der Waals surface area contributed by atoms with Gasteiger partial charge in [-0.15, -0.1) is 0 Å². The summed E-state index contributed by atoms with van der Waals surface area (Å²) in [6, 6.07) is 9.10. The highest BCUT2D eigenvalue weighted by atomic mass is 35.5. The first-order valence-electron chi connectivity index (χ1n) is 14.7. The number of nitrogens with zero attached hydrogens (tertiary/aromatic N) is 5. The largest absolute Gasteiger partial charge is 0.354 e. The van der Waals surface area contributed by atoms with Gasteiger partial charge in [-0.25, -0.2) is 22.2 Å². The number of sulfonamides is 1. The highest BCUT2D eigenvalue weighted by molar-refractivity contribution is 7.89. The first-order chi connectivity index (χ1) is 20.0. The lowest BCUT2D eigenvalue weighted by molar-refractivity contribution is -0.117. The van der Waals surface area contributed by atoms with Crippen LogP contribution in [-0.4, -0.2) is 86.4 Å². The normalized spacial score (nSPS) is 26.5. The Hall–Kier alpha value is -2.38. The lowest BCUT2D eigenvalue weighted by Gasteiger charge is -2.43. The molecule has 1 aromatic carbocycles. The number of nitrogens with two attached hydrogens (primary N) is 1. The SMILES string of the molecule is N[C@@H]1CC(=O)N(c2ccc(S(=O)(=O)N3CCN(c4cc(C(F)(F)C5CCC(N6CCC6)CC5)cc(Cl)n4)CC3)cc2)C1. The molecule has 1 atom stereocenters. The molecule has 0 bridgehead atoms. The van der Waals surface area contributed by atoms with Crippen molar-refractivity contribution in [2.75, 3.05) is 55.6 Å². The van der Waals surface area contributed by atoms with Gasteiger partial charge in [0.2, 0.25) is 15.9 Å². The molecule has 4 aliphatic rings. The predicted octanol–water partition coefficient (Wildman–Crippen LogP) is 3.67. The van der Waals surface area contributed by atoms with Crippen molar-refractivity contribution in [3.8, 4) is 0 Å². The molecule has 4 fully saturated rings. The van der Waals surface area contributed by atoms with Crippen LogP contribution in [0.1, 0.15) is 44.1 Å². The Bertz CT molecular complexity index is 1410. The second kappa shape index (κ2) is 11.6. The summed E-state index contributed by atoms with van der Waals surface area (Å²) >= 11 is 6.25. The minimum absolute atomic E-state index is 0.00372. The van der Waals surface area contributed by atoms with E-state index in [4.69, 9.17) is 17.3 Å². The fourth-order valence-electron chi connectivity index (χ4n) is 6.67. The number of anilines is 2. The van der Waals surface area contributed by atoms with E-state index in [2.05, 4.69) is 9.88 Å². The van der Waals surface area contributed by atoms with Gasteiger partial charge >= 0.3 is 0 Å². The van der Waals surface area contributed by atoms with Gasteiger partial charge in [-0.2, -0.15) is 4.31 Å². The standard InChI is InChI=1S/C29H37ClF2N6O3S/c30-26-16-21(29(31,32)20-2-4-23(5-3-20)35-10-1-11-35)17-27(34-26)36-12-14-37(15-13-36)42(40,41)25-8-6-24(7-9-25)38-19-22(33)18-28(38)39/h6-9,16-17,20,22-23H,1-5,10-15,18-19,33H2/t20?,22-,23?/m1/s1. The molecule has 0 spiro atoms. The number of alkyl halides is 2. The molecule has 13 heteroatoms. The fourth-order valence-corrected chi connectivity index (χ4v) is 8.30. The van der Waals surface area contributed by atoms with Crippen LogP contribution >= 0.6 is 11.6 Å². The second-order valence-electron chi connectivity index (χ2n) is 11.9. The number of pyridine rings is 1. The van der Waals surface area contributed by atoms with Crippen LogP contribution in [0, 0.1) is 5.92 Å². The molecule has 9 nitrogen and oxygen atoms in total. The molecule has 1 amide bonds. The van der Waals surface area contributed by atoms with Crippen molar-refractivity contribution in [1.29, 1.82) is 0 Å². The number of piperazine rings is 1. The molecular weight excluding hydrogens is 586 g/mol. The Morgan fingerprint density at radius 1 is 0.952 bits per heavy atom. The molecule has 1 aliphatic carbocycles. The minimum atomic E-state index is -3.79. The molecular formula is C29H37ClF2N6O3S. The number of carbonyl (C=O) groups excluding carboxylic acids is 1. The van der Waals surface area contributed by atoms with Crippen molar-refractivity contribution in [1.82, 2.24) is 14.2 Å². The summed E-state index contributed by atoms with van der Waals surface area (Å²) in [4.78, 5) is 22.4. The van der Waals surface area contributed by atoms with Crippen molar-refractivity contribution in [2.24, 2.45) is 11.7 Å². The lowest BCUT2D eigenvalue weighted by Crippen LogP contribution is -2.49. The number of hydrogen-bond acceptors (Lipinski definition) is 7. The minimum Gasteiger partial charge on any atom is -0.354 e.